The van der Waals surface area contributed by atoms with Crippen LogP contribution >= 0.6 is 11.8 Å². The summed E-state index contributed by atoms with van der Waals surface area (Å²) >= 11 is 1.39. The van der Waals surface area contributed by atoms with Gasteiger partial charge in [0.05, 0.1) is 38.7 Å². The van der Waals surface area contributed by atoms with Crippen molar-refractivity contribution in [3.8, 4) is 6.07 Å². The fraction of sp³-hybridized carbons (Fsp3) is 0.273. The van der Waals surface area contributed by atoms with Crippen molar-refractivity contribution in [3.63, 3.8) is 0 Å². The number of nitriles is 1. The lowest BCUT2D eigenvalue weighted by atomic mass is 10.2. The average molecular weight is 483 g/mol. The van der Waals surface area contributed by atoms with Crippen molar-refractivity contribution in [2.75, 3.05) is 0 Å². The standard InChI is InChI=1S/C22H22N6O3S2/c1-2-3-11-27-19-9-8-15(33(24,30)31)13-18(19)26-22(27)32-14-20-25-17-7-5-4-6-16(17)21(29)28(20)12-10-23/h4-9,13H,2-3,11-12,14H2,1H3,(H2,24,30,31). The van der Waals surface area contributed by atoms with Gasteiger partial charge in [-0.25, -0.2) is 23.5 Å². The number of hydrogen-bond donors (Lipinski definition) is 1. The van der Waals surface area contributed by atoms with E-state index < -0.39 is 10.0 Å². The van der Waals surface area contributed by atoms with Crippen LogP contribution in [-0.2, 0) is 28.9 Å². The van der Waals surface area contributed by atoms with Gasteiger partial charge in [-0.15, -0.1) is 0 Å². The molecule has 0 bridgehead atoms. The van der Waals surface area contributed by atoms with E-state index in [0.717, 1.165) is 18.4 Å². The number of aromatic nitrogens is 4. The van der Waals surface area contributed by atoms with Crippen LogP contribution in [0.4, 0.5) is 0 Å². The molecule has 0 saturated heterocycles. The van der Waals surface area contributed by atoms with Gasteiger partial charge >= 0.3 is 0 Å². The van der Waals surface area contributed by atoms with Gasteiger partial charge < -0.3 is 4.57 Å². The van der Waals surface area contributed by atoms with E-state index in [-0.39, 0.29) is 17.0 Å². The molecule has 0 aliphatic carbocycles. The molecule has 0 amide bonds. The van der Waals surface area contributed by atoms with Crippen molar-refractivity contribution < 1.29 is 8.42 Å². The van der Waals surface area contributed by atoms with E-state index in [4.69, 9.17) is 5.14 Å². The highest BCUT2D eigenvalue weighted by Gasteiger charge is 2.17. The number of unbranched alkanes of at least 4 members (excludes halogenated alkanes) is 1. The van der Waals surface area contributed by atoms with Crippen LogP contribution < -0.4 is 10.7 Å². The molecule has 0 aliphatic rings. The summed E-state index contributed by atoms with van der Waals surface area (Å²) in [4.78, 5) is 22.2. The Balaban J connectivity index is 1.76. The molecule has 4 rings (SSSR count). The van der Waals surface area contributed by atoms with Gasteiger partial charge in [-0.3, -0.25) is 9.36 Å². The molecule has 0 atom stereocenters. The zero-order valence-corrected chi connectivity index (χ0v) is 19.6. The number of hydrogen-bond acceptors (Lipinski definition) is 7. The number of aryl methyl sites for hydroxylation is 1. The minimum absolute atomic E-state index is 0.00532. The van der Waals surface area contributed by atoms with Gasteiger partial charge in [0.25, 0.3) is 5.56 Å². The van der Waals surface area contributed by atoms with Crippen LogP contribution in [0.1, 0.15) is 25.6 Å². The number of para-hydroxylation sites is 1. The Morgan fingerprint density at radius 2 is 1.91 bits per heavy atom. The van der Waals surface area contributed by atoms with Gasteiger partial charge in [0.2, 0.25) is 10.0 Å². The number of nitrogens with zero attached hydrogens (tertiary/aromatic N) is 5. The fourth-order valence-electron chi connectivity index (χ4n) is 3.59. The summed E-state index contributed by atoms with van der Waals surface area (Å²) in [5.41, 5.74) is 1.65. The Morgan fingerprint density at radius 1 is 1.12 bits per heavy atom. The average Bonchev–Trinajstić information content (AvgIpc) is 3.14. The molecular weight excluding hydrogens is 460 g/mol. The Kier molecular flexibility index (Phi) is 6.51. The second kappa shape index (κ2) is 9.35. The van der Waals surface area contributed by atoms with Crippen LogP contribution in [0, 0.1) is 11.3 Å². The first-order valence-corrected chi connectivity index (χ1v) is 12.9. The van der Waals surface area contributed by atoms with Crippen molar-refractivity contribution in [3.05, 3.63) is 58.6 Å². The number of rotatable bonds is 8. The summed E-state index contributed by atoms with van der Waals surface area (Å²) in [6.45, 7) is 2.70. The molecule has 0 saturated carbocycles. The van der Waals surface area contributed by atoms with Crippen LogP contribution in [0.2, 0.25) is 0 Å². The van der Waals surface area contributed by atoms with Crippen molar-refractivity contribution in [1.29, 1.82) is 5.26 Å². The maximum atomic E-state index is 12.9. The molecule has 2 aromatic heterocycles. The van der Waals surface area contributed by atoms with Crippen molar-refractivity contribution in [1.82, 2.24) is 19.1 Å². The van der Waals surface area contributed by atoms with Crippen molar-refractivity contribution >= 4 is 43.7 Å². The number of nitrogens with two attached hydrogens (primary N) is 1. The van der Waals surface area contributed by atoms with Crippen LogP contribution in [0.25, 0.3) is 21.9 Å². The first kappa shape index (κ1) is 23.0. The number of primary sulfonamides is 1. The normalized spacial score (nSPS) is 11.8. The van der Waals surface area contributed by atoms with Gasteiger partial charge in [-0.2, -0.15) is 5.26 Å². The minimum atomic E-state index is -3.84. The molecule has 0 fully saturated rings. The maximum Gasteiger partial charge on any atom is 0.262 e. The first-order chi connectivity index (χ1) is 15.8. The molecule has 170 valence electrons. The molecule has 2 N–H and O–H groups in total. The van der Waals surface area contributed by atoms with Crippen molar-refractivity contribution in [2.45, 2.75) is 48.7 Å². The van der Waals surface area contributed by atoms with E-state index in [1.807, 2.05) is 16.7 Å². The summed E-state index contributed by atoms with van der Waals surface area (Å²) in [6.07, 6.45) is 1.90. The van der Waals surface area contributed by atoms with Gasteiger partial charge in [0, 0.05) is 6.54 Å². The summed E-state index contributed by atoms with van der Waals surface area (Å²) in [5, 5.41) is 15.7. The zero-order valence-electron chi connectivity index (χ0n) is 17.9. The number of imidazole rings is 1. The molecule has 0 aliphatic heterocycles. The largest absolute Gasteiger partial charge is 0.319 e. The number of sulfonamides is 1. The smallest absolute Gasteiger partial charge is 0.262 e. The molecule has 0 spiro atoms. The van der Waals surface area contributed by atoms with E-state index in [1.165, 1.54) is 28.5 Å². The molecule has 4 aromatic rings. The topological polar surface area (TPSA) is 137 Å². The number of benzene rings is 2. The van der Waals surface area contributed by atoms with Gasteiger partial charge in [0.1, 0.15) is 12.4 Å². The zero-order chi connectivity index (χ0) is 23.6. The fourth-order valence-corrected chi connectivity index (χ4v) is 5.11. The summed E-state index contributed by atoms with van der Waals surface area (Å²) < 4.78 is 26.9. The molecule has 9 nitrogen and oxygen atoms in total. The van der Waals surface area contributed by atoms with E-state index in [2.05, 4.69) is 16.9 Å². The SMILES string of the molecule is CCCCn1c(SCc2nc3ccccc3c(=O)n2CC#N)nc2cc(S(N)(=O)=O)ccc21. The second-order valence-electron chi connectivity index (χ2n) is 7.48. The van der Waals surface area contributed by atoms with Crippen LogP contribution in [0.3, 0.4) is 0 Å². The van der Waals surface area contributed by atoms with Gasteiger partial charge in [0.15, 0.2) is 5.16 Å². The van der Waals surface area contributed by atoms with E-state index >= 15 is 0 Å². The van der Waals surface area contributed by atoms with E-state index in [9.17, 15) is 18.5 Å². The Bertz CT molecular complexity index is 1550. The lowest BCUT2D eigenvalue weighted by Gasteiger charge is -2.12. The highest BCUT2D eigenvalue weighted by atomic mass is 32.2. The summed E-state index contributed by atoms with van der Waals surface area (Å²) in [6, 6.07) is 13.7. The molecule has 2 heterocycles. The predicted molar refractivity (Wildman–Crippen MR) is 127 cm³/mol. The highest BCUT2D eigenvalue weighted by molar-refractivity contribution is 7.98. The molecular formula is C22H22N6O3S2. The monoisotopic (exact) mass is 482 g/mol. The summed E-state index contributed by atoms with van der Waals surface area (Å²) in [5.74, 6) is 0.795. The number of thioether (sulfide) groups is 1. The third kappa shape index (κ3) is 4.64. The van der Waals surface area contributed by atoms with Crippen LogP contribution in [0.15, 0.2) is 57.3 Å². The Labute approximate surface area is 194 Å². The first-order valence-electron chi connectivity index (χ1n) is 10.3. The molecule has 0 radical (unpaired) electrons. The number of fused-ring (bicyclic) bond motifs is 2. The van der Waals surface area contributed by atoms with Crippen molar-refractivity contribution in [2.24, 2.45) is 5.14 Å². The molecule has 0 unspecified atom stereocenters. The van der Waals surface area contributed by atoms with E-state index in [1.54, 1.807) is 24.3 Å². The van der Waals surface area contributed by atoms with Gasteiger partial charge in [-0.05, 0) is 36.8 Å². The summed E-state index contributed by atoms with van der Waals surface area (Å²) in [7, 11) is -3.84. The highest BCUT2D eigenvalue weighted by Crippen LogP contribution is 2.28. The Hall–Kier alpha value is -3.20. The third-order valence-electron chi connectivity index (χ3n) is 5.25. The van der Waals surface area contributed by atoms with Crippen LogP contribution in [0.5, 0.6) is 0 Å². The van der Waals surface area contributed by atoms with Crippen LogP contribution in [-0.4, -0.2) is 27.5 Å². The second-order valence-corrected chi connectivity index (χ2v) is 9.98. The van der Waals surface area contributed by atoms with Gasteiger partial charge in [-0.1, -0.05) is 37.2 Å². The quantitative estimate of drug-likeness (QED) is 0.381. The maximum absolute atomic E-state index is 12.9. The minimum Gasteiger partial charge on any atom is -0.319 e. The molecule has 33 heavy (non-hydrogen) atoms. The lowest BCUT2D eigenvalue weighted by molar-refractivity contribution is 0.597. The third-order valence-corrected chi connectivity index (χ3v) is 7.13. The molecule has 2 aromatic carbocycles. The van der Waals surface area contributed by atoms with E-state index in [0.29, 0.717) is 39.7 Å². The predicted octanol–water partition coefficient (Wildman–Crippen LogP) is 3.01. The Morgan fingerprint density at radius 3 is 2.64 bits per heavy atom. The molecule has 11 heteroatoms. The lowest BCUT2D eigenvalue weighted by Crippen LogP contribution is -2.24.